The summed E-state index contributed by atoms with van der Waals surface area (Å²) in [6.45, 7) is 3.88. The zero-order chi connectivity index (χ0) is 13.0. The average Bonchev–Trinajstić information content (AvgIpc) is 2.41. The number of aromatic nitrogens is 3. The van der Waals surface area contributed by atoms with E-state index in [1.54, 1.807) is 18.6 Å². The molecule has 0 bridgehead atoms. The predicted molar refractivity (Wildman–Crippen MR) is 70.4 cm³/mol. The van der Waals surface area contributed by atoms with E-state index < -0.39 is 6.10 Å². The van der Waals surface area contributed by atoms with Crippen LogP contribution in [0.5, 0.6) is 0 Å². The van der Waals surface area contributed by atoms with Gasteiger partial charge in [-0.05, 0) is 42.8 Å². The van der Waals surface area contributed by atoms with Crippen LogP contribution >= 0.6 is 11.8 Å². The molecule has 2 aromatic rings. The first-order valence-corrected chi connectivity index (χ1v) is 6.61. The number of pyridine rings is 1. The van der Waals surface area contributed by atoms with Crippen molar-refractivity contribution in [1.29, 1.82) is 0 Å². The molecule has 4 nitrogen and oxygen atoms in total. The molecule has 2 aromatic heterocycles. The molecule has 0 aliphatic heterocycles. The van der Waals surface area contributed by atoms with Crippen LogP contribution < -0.4 is 0 Å². The summed E-state index contributed by atoms with van der Waals surface area (Å²) in [5, 5.41) is 10.3. The standard InChI is InChI=1S/C13H15N3OS/c1-3-12(17)11-5-4-10(8-14-11)18-13-15-6-9(2)7-16-13/h4-8,12,17H,3H2,1-2H3/t12-/m0/s1. The quantitative estimate of drug-likeness (QED) is 0.858. The number of hydrogen-bond donors (Lipinski definition) is 1. The molecule has 94 valence electrons. The predicted octanol–water partition coefficient (Wildman–Crippen LogP) is 2.77. The SMILES string of the molecule is CC[C@H](O)c1ccc(Sc2ncc(C)cn2)cn1. The topological polar surface area (TPSA) is 58.9 Å². The molecule has 0 aliphatic carbocycles. The lowest BCUT2D eigenvalue weighted by Crippen LogP contribution is -1.98. The van der Waals surface area contributed by atoms with Gasteiger partial charge in [-0.2, -0.15) is 0 Å². The monoisotopic (exact) mass is 261 g/mol. The smallest absolute Gasteiger partial charge is 0.192 e. The molecule has 18 heavy (non-hydrogen) atoms. The van der Waals surface area contributed by atoms with Gasteiger partial charge in [0.15, 0.2) is 5.16 Å². The molecule has 0 amide bonds. The molecule has 0 aliphatic rings. The van der Waals surface area contributed by atoms with Crippen molar-refractivity contribution in [2.45, 2.75) is 36.4 Å². The molecule has 0 unspecified atom stereocenters. The Morgan fingerprint density at radius 3 is 2.44 bits per heavy atom. The fraction of sp³-hybridized carbons (Fsp3) is 0.308. The third kappa shape index (κ3) is 3.27. The zero-order valence-corrected chi connectivity index (χ0v) is 11.2. The van der Waals surface area contributed by atoms with Gasteiger partial charge in [0.2, 0.25) is 0 Å². The van der Waals surface area contributed by atoms with E-state index in [0.717, 1.165) is 10.5 Å². The number of rotatable bonds is 4. The number of aryl methyl sites for hydroxylation is 1. The fourth-order valence-corrected chi connectivity index (χ4v) is 2.06. The van der Waals surface area contributed by atoms with Crippen molar-refractivity contribution in [3.05, 3.63) is 42.0 Å². The minimum absolute atomic E-state index is 0.486. The first-order chi connectivity index (χ1) is 8.69. The van der Waals surface area contributed by atoms with E-state index in [1.807, 2.05) is 26.0 Å². The highest BCUT2D eigenvalue weighted by Gasteiger charge is 2.06. The third-order valence-corrected chi connectivity index (χ3v) is 3.32. The largest absolute Gasteiger partial charge is 0.387 e. The van der Waals surface area contributed by atoms with Crippen molar-refractivity contribution in [3.63, 3.8) is 0 Å². The van der Waals surface area contributed by atoms with Crippen molar-refractivity contribution < 1.29 is 5.11 Å². The second-order valence-corrected chi connectivity index (χ2v) is 5.03. The van der Waals surface area contributed by atoms with Crippen molar-refractivity contribution in [3.8, 4) is 0 Å². The van der Waals surface area contributed by atoms with E-state index in [-0.39, 0.29) is 0 Å². The maximum Gasteiger partial charge on any atom is 0.192 e. The average molecular weight is 261 g/mol. The Morgan fingerprint density at radius 2 is 1.89 bits per heavy atom. The molecule has 1 N–H and O–H groups in total. The van der Waals surface area contributed by atoms with Crippen molar-refractivity contribution >= 4 is 11.8 Å². The number of hydrogen-bond acceptors (Lipinski definition) is 5. The van der Waals surface area contributed by atoms with Gasteiger partial charge in [0, 0.05) is 23.5 Å². The van der Waals surface area contributed by atoms with Crippen LogP contribution in [0.2, 0.25) is 0 Å². The Hall–Kier alpha value is -1.46. The Labute approximate surface area is 111 Å². The second kappa shape index (κ2) is 5.93. The lowest BCUT2D eigenvalue weighted by molar-refractivity contribution is 0.169. The highest BCUT2D eigenvalue weighted by Crippen LogP contribution is 2.24. The summed E-state index contributed by atoms with van der Waals surface area (Å²) in [6.07, 6.45) is 5.50. The molecule has 1 atom stereocenters. The van der Waals surface area contributed by atoms with Crippen LogP contribution in [0.25, 0.3) is 0 Å². The van der Waals surface area contributed by atoms with Crippen molar-refractivity contribution in [1.82, 2.24) is 15.0 Å². The molecular weight excluding hydrogens is 246 g/mol. The summed E-state index contributed by atoms with van der Waals surface area (Å²) in [7, 11) is 0. The Bertz CT molecular complexity index is 499. The molecule has 2 heterocycles. The van der Waals surface area contributed by atoms with Crippen LogP contribution in [-0.4, -0.2) is 20.1 Å². The molecule has 0 aromatic carbocycles. The van der Waals surface area contributed by atoms with Gasteiger partial charge >= 0.3 is 0 Å². The molecule has 0 saturated carbocycles. The number of nitrogens with zero attached hydrogens (tertiary/aromatic N) is 3. The first-order valence-electron chi connectivity index (χ1n) is 5.79. The summed E-state index contributed by atoms with van der Waals surface area (Å²) in [5.41, 5.74) is 1.74. The van der Waals surface area contributed by atoms with E-state index in [0.29, 0.717) is 17.3 Å². The third-order valence-electron chi connectivity index (χ3n) is 2.45. The van der Waals surface area contributed by atoms with Gasteiger partial charge in [-0.1, -0.05) is 6.92 Å². The van der Waals surface area contributed by atoms with Gasteiger partial charge in [-0.15, -0.1) is 0 Å². The first kappa shape index (κ1) is 13.0. The van der Waals surface area contributed by atoms with Crippen LogP contribution in [0.3, 0.4) is 0 Å². The van der Waals surface area contributed by atoms with Gasteiger partial charge < -0.3 is 5.11 Å². The van der Waals surface area contributed by atoms with E-state index in [4.69, 9.17) is 0 Å². The molecule has 0 saturated heterocycles. The maximum atomic E-state index is 9.65. The highest BCUT2D eigenvalue weighted by atomic mass is 32.2. The minimum atomic E-state index is -0.486. The van der Waals surface area contributed by atoms with E-state index in [2.05, 4.69) is 15.0 Å². The molecular formula is C13H15N3OS. The van der Waals surface area contributed by atoms with Crippen LogP contribution in [-0.2, 0) is 0 Å². The summed E-state index contributed by atoms with van der Waals surface area (Å²) in [5.74, 6) is 0. The summed E-state index contributed by atoms with van der Waals surface area (Å²) >= 11 is 1.46. The van der Waals surface area contributed by atoms with Crippen LogP contribution in [0.1, 0.15) is 30.7 Å². The van der Waals surface area contributed by atoms with Crippen molar-refractivity contribution in [2.75, 3.05) is 0 Å². The van der Waals surface area contributed by atoms with Gasteiger partial charge in [-0.25, -0.2) is 9.97 Å². The number of aliphatic hydroxyl groups is 1. The molecule has 2 rings (SSSR count). The fourth-order valence-electron chi connectivity index (χ4n) is 1.40. The molecule has 0 fully saturated rings. The van der Waals surface area contributed by atoms with Gasteiger partial charge in [0.05, 0.1) is 11.8 Å². The molecule has 0 radical (unpaired) electrons. The van der Waals surface area contributed by atoms with Crippen LogP contribution in [0.4, 0.5) is 0 Å². The summed E-state index contributed by atoms with van der Waals surface area (Å²) in [6, 6.07) is 3.76. The normalized spacial score (nSPS) is 12.4. The Balaban J connectivity index is 2.08. The molecule has 5 heteroatoms. The lowest BCUT2D eigenvalue weighted by atomic mass is 10.2. The van der Waals surface area contributed by atoms with E-state index in [1.165, 1.54) is 11.8 Å². The Morgan fingerprint density at radius 1 is 1.17 bits per heavy atom. The lowest BCUT2D eigenvalue weighted by Gasteiger charge is -2.07. The van der Waals surface area contributed by atoms with Gasteiger partial charge in [0.1, 0.15) is 0 Å². The summed E-state index contributed by atoms with van der Waals surface area (Å²) < 4.78 is 0. The Kier molecular flexibility index (Phi) is 4.28. The van der Waals surface area contributed by atoms with Gasteiger partial charge in [0.25, 0.3) is 0 Å². The van der Waals surface area contributed by atoms with Crippen LogP contribution in [0.15, 0.2) is 40.8 Å². The van der Waals surface area contributed by atoms with Gasteiger partial charge in [-0.3, -0.25) is 4.98 Å². The van der Waals surface area contributed by atoms with E-state index in [9.17, 15) is 5.11 Å². The second-order valence-electron chi connectivity index (χ2n) is 3.99. The maximum absolute atomic E-state index is 9.65. The van der Waals surface area contributed by atoms with Crippen molar-refractivity contribution in [2.24, 2.45) is 0 Å². The number of aliphatic hydroxyl groups excluding tert-OH is 1. The van der Waals surface area contributed by atoms with E-state index >= 15 is 0 Å². The van der Waals surface area contributed by atoms with Crippen LogP contribution in [0, 0.1) is 6.92 Å². The zero-order valence-electron chi connectivity index (χ0n) is 10.4. The summed E-state index contributed by atoms with van der Waals surface area (Å²) in [4.78, 5) is 13.6. The molecule has 0 spiro atoms. The minimum Gasteiger partial charge on any atom is -0.387 e. The highest BCUT2D eigenvalue weighted by molar-refractivity contribution is 7.99.